The van der Waals surface area contributed by atoms with E-state index < -0.39 is 10.8 Å². The average Bonchev–Trinajstić information content (AvgIpc) is 1.54. The molecule has 26 aromatic rings. The van der Waals surface area contributed by atoms with E-state index >= 15 is 0 Å². The van der Waals surface area contributed by atoms with Crippen LogP contribution in [0.2, 0.25) is 0 Å². The van der Waals surface area contributed by atoms with Gasteiger partial charge in [0.25, 0.3) is 0 Å². The number of anilines is 6. The minimum atomic E-state index is -0.476. The molecule has 0 saturated heterocycles. The number of para-hydroxylation sites is 4. The molecule has 0 amide bonds. The van der Waals surface area contributed by atoms with Crippen LogP contribution in [0.3, 0.4) is 0 Å². The lowest BCUT2D eigenvalue weighted by Gasteiger charge is -2.34. The Morgan fingerprint density at radius 1 is 0.138 bits per heavy atom. The Morgan fingerprint density at radius 2 is 0.377 bits per heavy atom. The molecule has 0 spiro atoms. The normalized spacial score (nSPS) is 12.8. The quantitative estimate of drug-likeness (QED) is 0.101. The Bertz CT molecular complexity index is 9050. The van der Waals surface area contributed by atoms with Crippen LogP contribution in [0.1, 0.15) is 44.5 Å². The maximum absolute atomic E-state index is 2.43. The third kappa shape index (κ3) is 12.5. The van der Waals surface area contributed by atoms with Crippen LogP contribution in [0.4, 0.5) is 34.1 Å². The standard InChI is InChI=1S/2C67H44N2/c1-2-18-47(19-3-1)67(63-29-12-8-25-58(63)59-26-9-13-30-64(59)67)48-35-39-50(40-36-48)68(52-41-42-57-55-23-5-4-21-53(55)54-22-6-7-24-56(54)62(57)44-52)49-37-33-45(34-38-49)46-17-16-20-51(43-46)69-65-31-14-10-27-60(65)61-28-11-15-32-66(61)69;1-2-16-47(17-3-1)67(63-26-12-8-22-58(63)59-23-9-13-27-64(59)67)48-34-40-50(41-35-48)68(52-42-43-57-55-20-5-4-18-53(55)54-19-6-7-21-56(54)62(57)44-52)49-36-30-45(31-37-49)46-32-38-51(39-33-46)69-65-28-14-10-24-60(65)61-25-11-15-29-66(61)69/h2*1-44H. The summed E-state index contributed by atoms with van der Waals surface area (Å²) >= 11 is 0. The Balaban J connectivity index is 0.000000139. The highest BCUT2D eigenvalue weighted by molar-refractivity contribution is 6.27. The molecule has 0 unspecified atom stereocenters. The Labute approximate surface area is 800 Å². The van der Waals surface area contributed by atoms with E-state index in [1.807, 2.05) is 0 Å². The third-order valence-corrected chi connectivity index (χ3v) is 29.7. The number of fused-ring (bicyclic) bond motifs is 24. The molecular weight excluding hydrogens is 1670 g/mol. The number of rotatable bonds is 14. The number of hydrogen-bond donors (Lipinski definition) is 0. The molecule has 0 bridgehead atoms. The molecular formula is C134H88N4. The molecule has 2 aliphatic carbocycles. The van der Waals surface area contributed by atoms with Crippen LogP contribution in [0, 0.1) is 0 Å². The SMILES string of the molecule is c1ccc(C2(c3ccc(N(c4ccc(-c5ccc(-n6c7ccccc7c7ccccc76)cc5)cc4)c4ccc5c6ccccc6c6ccccc6c5c4)cc3)c3ccccc3-c3ccccc32)cc1.c1ccc(C2(c3ccc(N(c4ccc(-c5cccc(-n6c7ccccc7c7ccccc76)c5)cc4)c4ccc5c6ccccc6c6ccccc6c5c4)cc3)c3ccccc3-c3ccccc32)cc1. The molecule has 0 saturated carbocycles. The molecule has 644 valence electrons. The first-order valence-electron chi connectivity index (χ1n) is 47.8. The van der Waals surface area contributed by atoms with Gasteiger partial charge in [0, 0.05) is 67.0 Å². The Hall–Kier alpha value is -18.0. The van der Waals surface area contributed by atoms with Gasteiger partial charge in [-0.05, 0) is 275 Å². The van der Waals surface area contributed by atoms with E-state index in [4.69, 9.17) is 0 Å². The van der Waals surface area contributed by atoms with Crippen molar-refractivity contribution in [2.75, 3.05) is 9.80 Å². The molecule has 2 aliphatic rings. The van der Waals surface area contributed by atoms with E-state index in [1.165, 1.54) is 192 Å². The number of hydrogen-bond acceptors (Lipinski definition) is 2. The monoisotopic (exact) mass is 1750 g/mol. The first-order chi connectivity index (χ1) is 68.5. The summed E-state index contributed by atoms with van der Waals surface area (Å²) in [6, 6.07) is 197. The van der Waals surface area contributed by atoms with E-state index in [2.05, 4.69) is 553 Å². The van der Waals surface area contributed by atoms with Crippen LogP contribution in [0.5, 0.6) is 0 Å². The largest absolute Gasteiger partial charge is 0.310 e. The van der Waals surface area contributed by atoms with E-state index in [0.29, 0.717) is 0 Å². The summed E-state index contributed by atoms with van der Waals surface area (Å²) in [5.41, 5.74) is 32.9. The molecule has 2 heterocycles. The van der Waals surface area contributed by atoms with E-state index in [1.54, 1.807) is 0 Å². The number of benzene rings is 24. The summed E-state index contributed by atoms with van der Waals surface area (Å²) in [5, 5.41) is 20.2. The van der Waals surface area contributed by atoms with Crippen LogP contribution in [0.15, 0.2) is 534 Å². The highest BCUT2D eigenvalue weighted by Gasteiger charge is 2.48. The zero-order valence-electron chi connectivity index (χ0n) is 75.6. The summed E-state index contributed by atoms with van der Waals surface area (Å²) < 4.78 is 4.77. The van der Waals surface area contributed by atoms with Crippen LogP contribution >= 0.6 is 0 Å². The molecule has 2 aromatic heterocycles. The number of nitrogens with zero attached hydrogens (tertiary/aromatic N) is 4. The van der Waals surface area contributed by atoms with Crippen molar-refractivity contribution >= 4 is 142 Å². The van der Waals surface area contributed by atoms with Crippen LogP contribution in [-0.2, 0) is 10.8 Å². The van der Waals surface area contributed by atoms with Gasteiger partial charge in [0.05, 0.1) is 32.9 Å². The second-order valence-electron chi connectivity index (χ2n) is 36.8. The average molecular weight is 1750 g/mol. The lowest BCUT2D eigenvalue weighted by molar-refractivity contribution is 0.768. The maximum atomic E-state index is 2.43. The fourth-order valence-electron chi connectivity index (χ4n) is 23.7. The second kappa shape index (κ2) is 32.5. The maximum Gasteiger partial charge on any atom is 0.0713 e. The molecule has 0 fully saturated rings. The number of aromatic nitrogens is 2. The predicted molar refractivity (Wildman–Crippen MR) is 581 cm³/mol. The zero-order valence-corrected chi connectivity index (χ0v) is 75.6. The van der Waals surface area contributed by atoms with Gasteiger partial charge in [-0.2, -0.15) is 0 Å². The van der Waals surface area contributed by atoms with Gasteiger partial charge in [0.15, 0.2) is 0 Å². The van der Waals surface area contributed by atoms with Crippen LogP contribution < -0.4 is 9.80 Å². The fourth-order valence-corrected chi connectivity index (χ4v) is 23.7. The highest BCUT2D eigenvalue weighted by atomic mass is 15.1. The Morgan fingerprint density at radius 3 is 0.710 bits per heavy atom. The van der Waals surface area contributed by atoms with Crippen molar-refractivity contribution in [2.24, 2.45) is 0 Å². The molecule has 0 N–H and O–H groups in total. The van der Waals surface area contributed by atoms with Gasteiger partial charge in [0.1, 0.15) is 0 Å². The van der Waals surface area contributed by atoms with Crippen molar-refractivity contribution < 1.29 is 0 Å². The molecule has 4 heteroatoms. The van der Waals surface area contributed by atoms with Gasteiger partial charge in [-0.25, -0.2) is 0 Å². The smallest absolute Gasteiger partial charge is 0.0713 e. The van der Waals surface area contributed by atoms with Crippen molar-refractivity contribution in [1.82, 2.24) is 9.13 Å². The molecule has 4 nitrogen and oxygen atoms in total. The first kappa shape index (κ1) is 79.8. The Kier molecular flexibility index (Phi) is 18.8. The van der Waals surface area contributed by atoms with Gasteiger partial charge in [-0.3, -0.25) is 0 Å². The van der Waals surface area contributed by atoms with Gasteiger partial charge >= 0.3 is 0 Å². The fraction of sp³-hybridized carbons (Fsp3) is 0.0149. The molecule has 0 radical (unpaired) electrons. The minimum Gasteiger partial charge on any atom is -0.310 e. The summed E-state index contributed by atoms with van der Waals surface area (Å²) in [6.07, 6.45) is 0. The van der Waals surface area contributed by atoms with Gasteiger partial charge < -0.3 is 18.9 Å². The molecule has 24 aromatic carbocycles. The second-order valence-corrected chi connectivity index (χ2v) is 36.8. The summed E-state index contributed by atoms with van der Waals surface area (Å²) in [4.78, 5) is 4.85. The van der Waals surface area contributed by atoms with Gasteiger partial charge in [-0.1, -0.05) is 413 Å². The van der Waals surface area contributed by atoms with Crippen LogP contribution in [0.25, 0.3) is 164 Å². The van der Waals surface area contributed by atoms with E-state index in [9.17, 15) is 0 Å². The van der Waals surface area contributed by atoms with E-state index in [-0.39, 0.29) is 0 Å². The molecule has 138 heavy (non-hydrogen) atoms. The zero-order chi connectivity index (χ0) is 90.9. The summed E-state index contributed by atoms with van der Waals surface area (Å²) in [5.74, 6) is 0. The van der Waals surface area contributed by atoms with Gasteiger partial charge in [-0.15, -0.1) is 0 Å². The summed E-state index contributed by atoms with van der Waals surface area (Å²) in [6.45, 7) is 0. The highest BCUT2D eigenvalue weighted by Crippen LogP contribution is 2.59. The van der Waals surface area contributed by atoms with Crippen LogP contribution in [-0.4, -0.2) is 9.13 Å². The van der Waals surface area contributed by atoms with Crippen molar-refractivity contribution in [1.29, 1.82) is 0 Å². The lowest BCUT2D eigenvalue weighted by Crippen LogP contribution is -2.28. The van der Waals surface area contributed by atoms with Crippen molar-refractivity contribution in [2.45, 2.75) is 10.8 Å². The minimum absolute atomic E-state index is 0.473. The predicted octanol–water partition coefficient (Wildman–Crippen LogP) is 35.5. The van der Waals surface area contributed by atoms with Crippen molar-refractivity contribution in [3.8, 4) is 55.9 Å². The molecule has 0 aliphatic heterocycles. The topological polar surface area (TPSA) is 16.3 Å². The van der Waals surface area contributed by atoms with E-state index in [0.717, 1.165) is 51.1 Å². The van der Waals surface area contributed by atoms with Crippen molar-refractivity contribution in [3.05, 3.63) is 578 Å². The molecule has 0 atom stereocenters. The summed E-state index contributed by atoms with van der Waals surface area (Å²) in [7, 11) is 0. The first-order valence-corrected chi connectivity index (χ1v) is 47.8. The van der Waals surface area contributed by atoms with Crippen molar-refractivity contribution in [3.63, 3.8) is 0 Å². The third-order valence-electron chi connectivity index (χ3n) is 29.7. The van der Waals surface area contributed by atoms with Gasteiger partial charge in [0.2, 0.25) is 0 Å². The molecule has 28 rings (SSSR count). The lowest BCUT2D eigenvalue weighted by atomic mass is 9.68.